The first-order valence-electron chi connectivity index (χ1n) is 14.2. The molecule has 3 heterocycles. The minimum Gasteiger partial charge on any atom is -0.449 e. The average Bonchev–Trinajstić information content (AvgIpc) is 3.46. The summed E-state index contributed by atoms with van der Waals surface area (Å²) < 4.78 is 142. The molecule has 2 bridgehead atoms. The van der Waals surface area contributed by atoms with Crippen molar-refractivity contribution in [1.29, 1.82) is 0 Å². The smallest absolute Gasteiger partial charge is 0.416 e. The van der Waals surface area contributed by atoms with E-state index in [0.717, 1.165) is 25.3 Å². The number of benzene rings is 2. The molecule has 13 heteroatoms. The Balaban J connectivity index is 1.54. The predicted octanol–water partition coefficient (Wildman–Crippen LogP) is 8.44. The van der Waals surface area contributed by atoms with Crippen molar-refractivity contribution in [3.63, 3.8) is 0 Å². The Morgan fingerprint density at radius 1 is 0.913 bits per heavy atom. The molecule has 1 spiro atoms. The van der Waals surface area contributed by atoms with Crippen LogP contribution in [0.4, 0.5) is 43.9 Å². The van der Waals surface area contributed by atoms with Gasteiger partial charge in [-0.3, -0.25) is 4.90 Å². The van der Waals surface area contributed by atoms with Gasteiger partial charge in [-0.15, -0.1) is 0 Å². The van der Waals surface area contributed by atoms with Crippen LogP contribution in [-0.2, 0) is 34.7 Å². The van der Waals surface area contributed by atoms with Crippen molar-refractivity contribution in [2.75, 3.05) is 6.54 Å². The quantitative estimate of drug-likeness (QED) is 0.189. The molecule has 3 atom stereocenters. The number of hydrogen-bond acceptors (Lipinski definition) is 3. The Morgan fingerprint density at radius 2 is 1.57 bits per heavy atom. The molecular formula is C33H23F10NO2. The monoisotopic (exact) mass is 655 g/mol. The third-order valence-corrected chi connectivity index (χ3v) is 8.72. The van der Waals surface area contributed by atoms with Crippen LogP contribution < -0.4 is 0 Å². The van der Waals surface area contributed by atoms with Crippen LogP contribution in [0.5, 0.6) is 0 Å². The Morgan fingerprint density at radius 3 is 2.20 bits per heavy atom. The number of nitrogens with zero attached hydrogens (tertiary/aromatic N) is 1. The van der Waals surface area contributed by atoms with Crippen LogP contribution in [0.25, 0.3) is 5.57 Å². The molecule has 2 aromatic rings. The highest BCUT2D eigenvalue weighted by molar-refractivity contribution is 5.91. The minimum atomic E-state index is -5.15. The third kappa shape index (κ3) is 5.83. The number of carbonyl (C=O) groups is 1. The maximum absolute atomic E-state index is 13.8. The molecule has 0 saturated carbocycles. The summed E-state index contributed by atoms with van der Waals surface area (Å²) in [5, 5.41) is 0. The first-order valence-corrected chi connectivity index (χ1v) is 14.2. The van der Waals surface area contributed by atoms with Crippen molar-refractivity contribution in [3.8, 4) is 11.8 Å². The lowest BCUT2D eigenvalue weighted by molar-refractivity contribution is -0.148. The fourth-order valence-electron chi connectivity index (χ4n) is 6.83. The molecule has 0 unspecified atom stereocenters. The van der Waals surface area contributed by atoms with Crippen molar-refractivity contribution in [2.24, 2.45) is 0 Å². The van der Waals surface area contributed by atoms with Crippen LogP contribution in [0.3, 0.4) is 0 Å². The zero-order chi connectivity index (χ0) is 33.2. The summed E-state index contributed by atoms with van der Waals surface area (Å²) in [4.78, 5) is 14.8. The topological polar surface area (TPSA) is 29.5 Å². The Bertz CT molecular complexity index is 1720. The van der Waals surface area contributed by atoms with E-state index in [0.29, 0.717) is 48.4 Å². The van der Waals surface area contributed by atoms with Crippen molar-refractivity contribution < 1.29 is 53.4 Å². The van der Waals surface area contributed by atoms with E-state index in [9.17, 15) is 48.7 Å². The molecule has 0 aromatic heterocycles. The molecule has 4 aliphatic rings. The molecular weight excluding hydrogens is 632 g/mol. The second-order valence-corrected chi connectivity index (χ2v) is 11.7. The van der Waals surface area contributed by atoms with E-state index in [2.05, 4.69) is 16.7 Å². The maximum Gasteiger partial charge on any atom is 0.416 e. The SMILES string of the molecule is O=C1C=C2C(/C=C(\C#Cc3cc(C(F)(F)F)cc(C(F)(F)F)c3)c3cc(CF)cc(C(F)(F)F)c3)=C[C@@H]3C[C@@]2(O1)[C@H]1CCCCN31. The number of ether oxygens (including phenoxy) is 1. The van der Waals surface area contributed by atoms with Gasteiger partial charge in [-0.05, 0) is 78.6 Å². The maximum atomic E-state index is 13.8. The summed E-state index contributed by atoms with van der Waals surface area (Å²) >= 11 is 0. The normalized spacial score (nSPS) is 24.8. The zero-order valence-electron chi connectivity index (χ0n) is 23.6. The molecule has 3 nitrogen and oxygen atoms in total. The van der Waals surface area contributed by atoms with Crippen molar-refractivity contribution in [2.45, 2.75) is 68.6 Å². The summed E-state index contributed by atoms with van der Waals surface area (Å²) in [6, 6.07) is 2.71. The van der Waals surface area contributed by atoms with Gasteiger partial charge in [0.15, 0.2) is 5.60 Å². The number of esters is 1. The number of halogens is 10. The van der Waals surface area contributed by atoms with Crippen molar-refractivity contribution >= 4 is 11.5 Å². The molecule has 2 fully saturated rings. The van der Waals surface area contributed by atoms with Gasteiger partial charge in [-0.25, -0.2) is 9.18 Å². The van der Waals surface area contributed by atoms with Crippen LogP contribution >= 0.6 is 0 Å². The number of piperidine rings is 1. The van der Waals surface area contributed by atoms with Gasteiger partial charge in [0.05, 0.1) is 22.7 Å². The van der Waals surface area contributed by atoms with Gasteiger partial charge in [-0.2, -0.15) is 39.5 Å². The highest BCUT2D eigenvalue weighted by Crippen LogP contribution is 2.54. The van der Waals surface area contributed by atoms with E-state index in [-0.39, 0.29) is 34.9 Å². The number of allylic oxidation sites excluding steroid dienone is 2. The van der Waals surface area contributed by atoms with Crippen molar-refractivity contribution in [1.82, 2.24) is 4.90 Å². The molecule has 0 radical (unpaired) electrons. The van der Waals surface area contributed by atoms with Gasteiger partial charge < -0.3 is 4.74 Å². The highest BCUT2D eigenvalue weighted by Gasteiger charge is 2.61. The lowest BCUT2D eigenvalue weighted by atomic mass is 9.76. The molecule has 6 rings (SSSR count). The van der Waals surface area contributed by atoms with Crippen LogP contribution in [0.1, 0.15) is 59.1 Å². The largest absolute Gasteiger partial charge is 0.449 e. The molecule has 0 amide bonds. The van der Waals surface area contributed by atoms with E-state index >= 15 is 0 Å². The Labute approximate surface area is 256 Å². The highest BCUT2D eigenvalue weighted by atomic mass is 19.4. The molecule has 242 valence electrons. The van der Waals surface area contributed by atoms with Gasteiger partial charge in [0.1, 0.15) is 6.67 Å². The van der Waals surface area contributed by atoms with E-state index in [4.69, 9.17) is 4.74 Å². The van der Waals surface area contributed by atoms with Gasteiger partial charge in [0, 0.05) is 35.2 Å². The van der Waals surface area contributed by atoms with E-state index < -0.39 is 59.0 Å². The number of hydrogen-bond donors (Lipinski definition) is 0. The van der Waals surface area contributed by atoms with Crippen molar-refractivity contribution in [3.05, 3.63) is 99.2 Å². The van der Waals surface area contributed by atoms with E-state index in [1.165, 1.54) is 12.2 Å². The third-order valence-electron chi connectivity index (χ3n) is 8.72. The Hall–Kier alpha value is -4.05. The first-order chi connectivity index (χ1) is 21.5. The van der Waals surface area contributed by atoms with Crippen LogP contribution in [0.2, 0.25) is 0 Å². The number of alkyl halides is 10. The minimum absolute atomic E-state index is 0.0668. The second-order valence-electron chi connectivity index (χ2n) is 11.7. The molecule has 46 heavy (non-hydrogen) atoms. The molecule has 3 aliphatic heterocycles. The second kappa shape index (κ2) is 11.0. The summed E-state index contributed by atoms with van der Waals surface area (Å²) in [5.74, 6) is 4.11. The first kappa shape index (κ1) is 31.9. The van der Waals surface area contributed by atoms with Gasteiger partial charge >= 0.3 is 24.5 Å². The number of rotatable bonds is 3. The predicted molar refractivity (Wildman–Crippen MR) is 145 cm³/mol. The summed E-state index contributed by atoms with van der Waals surface area (Å²) in [6.07, 6.45) is -7.84. The molecule has 0 N–H and O–H groups in total. The fourth-order valence-corrected chi connectivity index (χ4v) is 6.83. The van der Waals surface area contributed by atoms with Gasteiger partial charge in [-0.1, -0.05) is 24.3 Å². The summed E-state index contributed by atoms with van der Waals surface area (Å²) in [7, 11) is 0. The van der Waals surface area contributed by atoms with Gasteiger partial charge in [0.25, 0.3) is 0 Å². The van der Waals surface area contributed by atoms with E-state index in [1.807, 2.05) is 0 Å². The van der Waals surface area contributed by atoms with E-state index in [1.54, 1.807) is 6.08 Å². The van der Waals surface area contributed by atoms with Gasteiger partial charge in [0.2, 0.25) is 0 Å². The zero-order valence-corrected chi connectivity index (χ0v) is 23.6. The Kier molecular flexibility index (Phi) is 7.66. The summed E-state index contributed by atoms with van der Waals surface area (Å²) in [5.41, 5.74) is -6.26. The molecule has 2 saturated heterocycles. The lowest BCUT2D eigenvalue weighted by Gasteiger charge is -2.38. The average molecular weight is 656 g/mol. The number of carbonyl (C=O) groups excluding carboxylic acids is 1. The summed E-state index contributed by atoms with van der Waals surface area (Å²) in [6.45, 7) is -0.579. The molecule has 2 aromatic carbocycles. The number of fused-ring (bicyclic) bond motifs is 3. The molecule has 1 aliphatic carbocycles. The van der Waals surface area contributed by atoms with Crippen LogP contribution in [0, 0.1) is 11.8 Å². The van der Waals surface area contributed by atoms with Crippen LogP contribution in [0.15, 0.2) is 65.8 Å². The van der Waals surface area contributed by atoms with Crippen LogP contribution in [-0.4, -0.2) is 35.1 Å². The lowest BCUT2D eigenvalue weighted by Crippen LogP contribution is -2.48. The standard InChI is InChI=1S/C33H23F10NO2/c34-17-19-7-21(12-23(10-19)31(35,36)37)20(5-4-18-8-24(32(38,39)40)14-25(9-18)33(41,42)43)11-22-13-26-16-30(27(22)15-29(45)46-30)28-3-1-2-6-44(26)28/h7-15,26,28H,1-3,6,16-17H2/b20-11+/t26-,28-,30+/m1/s1. The fraction of sp³-hybridized carbons (Fsp3) is 0.364.